The van der Waals surface area contributed by atoms with E-state index in [1.54, 1.807) is 14.2 Å². The Morgan fingerprint density at radius 1 is 0.786 bits per heavy atom. The SMILES string of the molecule is COc1cc(OC)c(-c2nc3c4ccccc4c4ccccc4c3[nH]2)cc1Br. The van der Waals surface area contributed by atoms with Gasteiger partial charge in [0.15, 0.2) is 0 Å². The van der Waals surface area contributed by atoms with Crippen LogP contribution in [0.2, 0.25) is 0 Å². The molecule has 4 aromatic carbocycles. The third kappa shape index (κ3) is 2.47. The first-order valence-electron chi connectivity index (χ1n) is 8.92. The Morgan fingerprint density at radius 3 is 2.07 bits per heavy atom. The van der Waals surface area contributed by atoms with E-state index in [0.29, 0.717) is 11.5 Å². The van der Waals surface area contributed by atoms with Gasteiger partial charge < -0.3 is 14.5 Å². The zero-order chi connectivity index (χ0) is 19.3. The number of ether oxygens (including phenoxy) is 2. The molecule has 0 aliphatic rings. The van der Waals surface area contributed by atoms with Crippen molar-refractivity contribution in [1.82, 2.24) is 9.97 Å². The number of hydrogen-bond donors (Lipinski definition) is 1. The van der Waals surface area contributed by atoms with Crippen molar-refractivity contribution >= 4 is 48.5 Å². The van der Waals surface area contributed by atoms with Crippen LogP contribution in [0.25, 0.3) is 44.0 Å². The highest BCUT2D eigenvalue weighted by molar-refractivity contribution is 9.10. The van der Waals surface area contributed by atoms with Gasteiger partial charge in [-0.15, -0.1) is 0 Å². The molecule has 0 aliphatic carbocycles. The van der Waals surface area contributed by atoms with Gasteiger partial charge in [-0.05, 0) is 32.8 Å². The number of rotatable bonds is 3. The molecule has 0 amide bonds. The average Bonchev–Trinajstić information content (AvgIpc) is 3.19. The Kier molecular flexibility index (Phi) is 3.98. The van der Waals surface area contributed by atoms with E-state index in [4.69, 9.17) is 14.5 Å². The maximum atomic E-state index is 5.61. The average molecular weight is 433 g/mol. The van der Waals surface area contributed by atoms with E-state index in [1.165, 1.54) is 10.8 Å². The number of nitrogens with one attached hydrogen (secondary N) is 1. The minimum Gasteiger partial charge on any atom is -0.496 e. The summed E-state index contributed by atoms with van der Waals surface area (Å²) in [6, 6.07) is 20.6. The molecule has 0 radical (unpaired) electrons. The van der Waals surface area contributed by atoms with Crippen LogP contribution in [0, 0.1) is 0 Å². The fraction of sp³-hybridized carbons (Fsp3) is 0.0870. The lowest BCUT2D eigenvalue weighted by molar-refractivity contribution is 0.393. The number of halogens is 1. The highest BCUT2D eigenvalue weighted by Crippen LogP contribution is 2.40. The van der Waals surface area contributed by atoms with Gasteiger partial charge >= 0.3 is 0 Å². The largest absolute Gasteiger partial charge is 0.496 e. The first-order chi connectivity index (χ1) is 13.7. The third-order valence-electron chi connectivity index (χ3n) is 5.10. The van der Waals surface area contributed by atoms with E-state index in [-0.39, 0.29) is 0 Å². The van der Waals surface area contributed by atoms with Crippen LogP contribution in [0.15, 0.2) is 65.1 Å². The second-order valence-electron chi connectivity index (χ2n) is 6.59. The van der Waals surface area contributed by atoms with Gasteiger partial charge in [0.1, 0.15) is 17.3 Å². The zero-order valence-electron chi connectivity index (χ0n) is 15.4. The van der Waals surface area contributed by atoms with E-state index < -0.39 is 0 Å². The highest BCUT2D eigenvalue weighted by Gasteiger charge is 2.17. The molecule has 5 aromatic rings. The van der Waals surface area contributed by atoms with Crippen molar-refractivity contribution in [2.75, 3.05) is 14.2 Å². The number of aromatic nitrogens is 2. The van der Waals surface area contributed by atoms with E-state index in [2.05, 4.69) is 69.4 Å². The van der Waals surface area contributed by atoms with Gasteiger partial charge in [-0.2, -0.15) is 0 Å². The second-order valence-corrected chi connectivity index (χ2v) is 7.44. The summed E-state index contributed by atoms with van der Waals surface area (Å²) < 4.78 is 11.9. The van der Waals surface area contributed by atoms with Crippen LogP contribution >= 0.6 is 15.9 Å². The summed E-state index contributed by atoms with van der Waals surface area (Å²) in [5, 5.41) is 4.70. The van der Waals surface area contributed by atoms with Crippen molar-refractivity contribution < 1.29 is 9.47 Å². The van der Waals surface area contributed by atoms with Gasteiger partial charge in [0.05, 0.1) is 35.3 Å². The lowest BCUT2D eigenvalue weighted by Crippen LogP contribution is -1.92. The summed E-state index contributed by atoms with van der Waals surface area (Å²) in [7, 11) is 3.29. The first-order valence-corrected chi connectivity index (χ1v) is 9.71. The third-order valence-corrected chi connectivity index (χ3v) is 5.72. The molecule has 5 heteroatoms. The molecule has 0 spiro atoms. The fourth-order valence-electron chi connectivity index (χ4n) is 3.80. The summed E-state index contributed by atoms with van der Waals surface area (Å²) in [4.78, 5) is 8.50. The quantitative estimate of drug-likeness (QED) is 0.339. The molecule has 0 saturated heterocycles. The Labute approximate surface area is 170 Å². The summed E-state index contributed by atoms with van der Waals surface area (Å²) in [5.41, 5.74) is 2.86. The van der Waals surface area contributed by atoms with Crippen molar-refractivity contribution in [3.05, 3.63) is 65.1 Å². The predicted molar refractivity (Wildman–Crippen MR) is 117 cm³/mol. The summed E-state index contributed by atoms with van der Waals surface area (Å²) in [6.45, 7) is 0. The molecule has 0 bridgehead atoms. The number of imidazole rings is 1. The molecule has 5 rings (SSSR count). The molecule has 4 nitrogen and oxygen atoms in total. The van der Waals surface area contributed by atoms with Crippen LogP contribution < -0.4 is 9.47 Å². The van der Waals surface area contributed by atoms with Crippen LogP contribution in [0.1, 0.15) is 0 Å². The molecule has 0 atom stereocenters. The van der Waals surface area contributed by atoms with Gasteiger partial charge in [0.2, 0.25) is 0 Å². The monoisotopic (exact) mass is 432 g/mol. The molecular formula is C23H17BrN2O2. The molecule has 1 aromatic heterocycles. The maximum absolute atomic E-state index is 5.61. The van der Waals surface area contributed by atoms with Crippen molar-refractivity contribution in [2.24, 2.45) is 0 Å². The topological polar surface area (TPSA) is 47.1 Å². The Hall–Kier alpha value is -3.05. The number of aromatic amines is 1. The maximum Gasteiger partial charge on any atom is 0.142 e. The highest BCUT2D eigenvalue weighted by atomic mass is 79.9. The number of fused-ring (bicyclic) bond motifs is 6. The molecule has 28 heavy (non-hydrogen) atoms. The summed E-state index contributed by atoms with van der Waals surface area (Å²) >= 11 is 3.57. The molecule has 0 fully saturated rings. The molecule has 0 unspecified atom stereocenters. The zero-order valence-corrected chi connectivity index (χ0v) is 17.0. The summed E-state index contributed by atoms with van der Waals surface area (Å²) in [5.74, 6) is 2.18. The van der Waals surface area contributed by atoms with Crippen LogP contribution in [-0.2, 0) is 0 Å². The van der Waals surface area contributed by atoms with Crippen molar-refractivity contribution in [3.8, 4) is 22.9 Å². The smallest absolute Gasteiger partial charge is 0.142 e. The van der Waals surface area contributed by atoms with E-state index in [1.807, 2.05) is 12.1 Å². The Balaban J connectivity index is 1.88. The number of H-pyrrole nitrogens is 1. The fourth-order valence-corrected chi connectivity index (χ4v) is 4.30. The second kappa shape index (κ2) is 6.53. The van der Waals surface area contributed by atoms with Crippen LogP contribution in [-0.4, -0.2) is 24.2 Å². The number of hydrogen-bond acceptors (Lipinski definition) is 3. The number of nitrogens with zero attached hydrogens (tertiary/aromatic N) is 1. The lowest BCUT2D eigenvalue weighted by atomic mass is 10.0. The van der Waals surface area contributed by atoms with Crippen molar-refractivity contribution in [2.45, 2.75) is 0 Å². The molecule has 1 N–H and O–H groups in total. The van der Waals surface area contributed by atoms with Crippen LogP contribution in [0.3, 0.4) is 0 Å². The van der Waals surface area contributed by atoms with E-state index in [0.717, 1.165) is 37.7 Å². The van der Waals surface area contributed by atoms with Gasteiger partial charge in [-0.1, -0.05) is 48.5 Å². The lowest BCUT2D eigenvalue weighted by Gasteiger charge is -2.10. The standard InChI is InChI=1S/C23H17BrN2O2/c1-27-19-12-20(28-2)18(24)11-17(19)23-25-21-15-9-5-3-7-13(15)14-8-4-6-10-16(14)22(21)26-23/h3-12H,1-2H3,(H,25,26). The van der Waals surface area contributed by atoms with Gasteiger partial charge in [0.25, 0.3) is 0 Å². The van der Waals surface area contributed by atoms with Gasteiger partial charge in [-0.3, -0.25) is 0 Å². The molecule has 1 heterocycles. The normalized spacial score (nSPS) is 11.4. The molecular weight excluding hydrogens is 416 g/mol. The number of methoxy groups -OCH3 is 2. The van der Waals surface area contributed by atoms with E-state index >= 15 is 0 Å². The minimum absolute atomic E-state index is 0.702. The molecule has 138 valence electrons. The van der Waals surface area contributed by atoms with Gasteiger partial charge in [-0.25, -0.2) is 4.98 Å². The summed E-state index contributed by atoms with van der Waals surface area (Å²) in [6.07, 6.45) is 0. The predicted octanol–water partition coefficient (Wildman–Crippen LogP) is 6.32. The Morgan fingerprint density at radius 2 is 1.39 bits per heavy atom. The van der Waals surface area contributed by atoms with Crippen LogP contribution in [0.4, 0.5) is 0 Å². The Bertz CT molecular complexity index is 1280. The van der Waals surface area contributed by atoms with Crippen LogP contribution in [0.5, 0.6) is 11.5 Å². The van der Waals surface area contributed by atoms with Gasteiger partial charge in [0, 0.05) is 16.8 Å². The van der Waals surface area contributed by atoms with Crippen molar-refractivity contribution in [1.29, 1.82) is 0 Å². The molecule has 0 aliphatic heterocycles. The van der Waals surface area contributed by atoms with Crippen molar-refractivity contribution in [3.63, 3.8) is 0 Å². The minimum atomic E-state index is 0.702. The number of benzene rings is 4. The van der Waals surface area contributed by atoms with E-state index in [9.17, 15) is 0 Å². The first kappa shape index (κ1) is 17.1. The molecule has 0 saturated carbocycles.